The fourth-order valence-electron chi connectivity index (χ4n) is 2.61. The van der Waals surface area contributed by atoms with Crippen molar-refractivity contribution in [1.29, 1.82) is 0 Å². The summed E-state index contributed by atoms with van der Waals surface area (Å²) in [6, 6.07) is 15.2. The quantitative estimate of drug-likeness (QED) is 0.438. The van der Waals surface area contributed by atoms with Gasteiger partial charge in [-0.2, -0.15) is 14.6 Å². The van der Waals surface area contributed by atoms with Gasteiger partial charge in [0.1, 0.15) is 0 Å². The molecule has 128 valence electrons. The van der Waals surface area contributed by atoms with Crippen molar-refractivity contribution in [3.8, 4) is 22.6 Å². The van der Waals surface area contributed by atoms with Crippen molar-refractivity contribution in [2.45, 2.75) is 0 Å². The van der Waals surface area contributed by atoms with Gasteiger partial charge in [-0.15, -0.1) is 0 Å². The van der Waals surface area contributed by atoms with Crippen molar-refractivity contribution in [1.82, 2.24) is 19.6 Å². The Morgan fingerprint density at radius 2 is 1.81 bits per heavy atom. The first kappa shape index (κ1) is 16.0. The van der Waals surface area contributed by atoms with Crippen LogP contribution in [0.3, 0.4) is 0 Å². The van der Waals surface area contributed by atoms with Crippen LogP contribution in [0.5, 0.6) is 0 Å². The molecular formula is C17H11ClN6O2. The maximum absolute atomic E-state index is 11.3. The fraction of sp³-hybridized carbons (Fsp3) is 0. The Kier molecular flexibility index (Phi) is 3.74. The summed E-state index contributed by atoms with van der Waals surface area (Å²) in [6.45, 7) is 0. The number of aromatic nitrogens is 4. The zero-order valence-electron chi connectivity index (χ0n) is 13.2. The first-order chi connectivity index (χ1) is 12.5. The molecule has 0 fully saturated rings. The monoisotopic (exact) mass is 366 g/mol. The summed E-state index contributed by atoms with van der Waals surface area (Å²) in [5, 5.41) is 16.3. The third kappa shape index (κ3) is 2.72. The van der Waals surface area contributed by atoms with Gasteiger partial charge >= 0.3 is 0 Å². The molecule has 2 aromatic heterocycles. The fourth-order valence-corrected chi connectivity index (χ4v) is 2.74. The molecule has 2 N–H and O–H groups in total. The van der Waals surface area contributed by atoms with Crippen LogP contribution in [0.1, 0.15) is 0 Å². The highest BCUT2D eigenvalue weighted by Gasteiger charge is 2.19. The van der Waals surface area contributed by atoms with Crippen LogP contribution in [0, 0.1) is 10.1 Å². The Balaban J connectivity index is 1.87. The summed E-state index contributed by atoms with van der Waals surface area (Å²) >= 11 is 5.91. The molecule has 0 aliphatic carbocycles. The van der Waals surface area contributed by atoms with E-state index in [0.717, 1.165) is 5.56 Å². The number of hydrogen-bond acceptors (Lipinski definition) is 6. The Bertz CT molecular complexity index is 1140. The second-order valence-corrected chi connectivity index (χ2v) is 5.92. The minimum Gasteiger partial charge on any atom is -0.368 e. The third-order valence-electron chi connectivity index (χ3n) is 3.83. The van der Waals surface area contributed by atoms with Gasteiger partial charge in [0, 0.05) is 22.7 Å². The number of nitro groups is 1. The van der Waals surface area contributed by atoms with Gasteiger partial charge in [-0.25, -0.2) is 4.98 Å². The number of fused-ring (bicyclic) bond motifs is 1. The number of nitrogen functional groups attached to an aromatic ring is 1. The molecule has 8 nitrogen and oxygen atoms in total. The number of para-hydroxylation sites is 1. The molecule has 2 heterocycles. The number of halogens is 1. The van der Waals surface area contributed by atoms with E-state index < -0.39 is 4.92 Å². The highest BCUT2D eigenvalue weighted by Crippen LogP contribution is 2.29. The van der Waals surface area contributed by atoms with Crippen molar-refractivity contribution in [3.63, 3.8) is 0 Å². The topological polar surface area (TPSA) is 112 Å². The average Bonchev–Trinajstić information content (AvgIpc) is 3.07. The molecule has 0 spiro atoms. The van der Waals surface area contributed by atoms with E-state index in [4.69, 9.17) is 17.3 Å². The molecule has 0 saturated heterocycles. The van der Waals surface area contributed by atoms with E-state index >= 15 is 0 Å². The van der Waals surface area contributed by atoms with E-state index in [1.807, 2.05) is 12.1 Å². The Morgan fingerprint density at radius 1 is 1.08 bits per heavy atom. The molecule has 0 aliphatic rings. The molecule has 0 amide bonds. The van der Waals surface area contributed by atoms with Gasteiger partial charge < -0.3 is 5.73 Å². The molecular weight excluding hydrogens is 356 g/mol. The number of rotatable bonds is 3. The molecule has 0 unspecified atom stereocenters. The van der Waals surface area contributed by atoms with Gasteiger partial charge in [-0.05, 0) is 18.2 Å². The highest BCUT2D eigenvalue weighted by atomic mass is 35.5. The lowest BCUT2D eigenvalue weighted by molar-refractivity contribution is -0.384. The van der Waals surface area contributed by atoms with Crippen molar-refractivity contribution >= 4 is 28.9 Å². The second-order valence-electron chi connectivity index (χ2n) is 5.49. The van der Waals surface area contributed by atoms with Crippen LogP contribution < -0.4 is 5.73 Å². The largest absolute Gasteiger partial charge is 0.368 e. The Morgan fingerprint density at radius 3 is 2.54 bits per heavy atom. The lowest BCUT2D eigenvalue weighted by Gasteiger charge is -2.04. The molecule has 26 heavy (non-hydrogen) atoms. The van der Waals surface area contributed by atoms with Crippen LogP contribution >= 0.6 is 11.6 Å². The van der Waals surface area contributed by atoms with Gasteiger partial charge in [-0.3, -0.25) is 10.1 Å². The van der Waals surface area contributed by atoms with Gasteiger partial charge in [0.25, 0.3) is 5.69 Å². The summed E-state index contributed by atoms with van der Waals surface area (Å²) in [7, 11) is 0. The molecule has 9 heteroatoms. The minimum atomic E-state index is -0.478. The maximum Gasteiger partial charge on any atom is 0.280 e. The number of benzene rings is 2. The van der Waals surface area contributed by atoms with E-state index in [1.54, 1.807) is 36.4 Å². The predicted octanol–water partition coefficient (Wildman–Crippen LogP) is 3.60. The number of hydrogen-bond donors (Lipinski definition) is 1. The number of nitrogens with two attached hydrogens (primary N) is 1. The smallest absolute Gasteiger partial charge is 0.280 e. The van der Waals surface area contributed by atoms with E-state index in [2.05, 4.69) is 15.1 Å². The van der Waals surface area contributed by atoms with Gasteiger partial charge in [0.15, 0.2) is 11.5 Å². The molecule has 0 radical (unpaired) electrons. The molecule has 0 bridgehead atoms. The first-order valence-corrected chi connectivity index (χ1v) is 7.94. The highest BCUT2D eigenvalue weighted by molar-refractivity contribution is 6.30. The van der Waals surface area contributed by atoms with Crippen LogP contribution in [0.15, 0.2) is 54.6 Å². The van der Waals surface area contributed by atoms with E-state index in [-0.39, 0.29) is 17.5 Å². The van der Waals surface area contributed by atoms with Crippen LogP contribution in [0.2, 0.25) is 5.02 Å². The Labute approximate surface area is 152 Å². The summed E-state index contributed by atoms with van der Waals surface area (Å²) in [5.41, 5.74) is 8.12. The van der Waals surface area contributed by atoms with Crippen molar-refractivity contribution in [2.24, 2.45) is 0 Å². The molecule has 2 aromatic carbocycles. The average molecular weight is 367 g/mol. The van der Waals surface area contributed by atoms with E-state index in [0.29, 0.717) is 21.9 Å². The van der Waals surface area contributed by atoms with Crippen molar-refractivity contribution in [3.05, 3.63) is 69.7 Å². The maximum atomic E-state index is 11.3. The first-order valence-electron chi connectivity index (χ1n) is 7.56. The predicted molar refractivity (Wildman–Crippen MR) is 97.7 cm³/mol. The summed E-state index contributed by atoms with van der Waals surface area (Å²) < 4.78 is 1.39. The molecule has 0 atom stereocenters. The SMILES string of the molecule is Nc1nc(-c2ccccc2[N+](=O)[O-])nc2cc(-c3ccc(Cl)cc3)nn12. The summed E-state index contributed by atoms with van der Waals surface area (Å²) in [5.74, 6) is 0.258. The number of nitro benzene ring substituents is 1. The summed E-state index contributed by atoms with van der Waals surface area (Å²) in [6.07, 6.45) is 0. The zero-order chi connectivity index (χ0) is 18.3. The van der Waals surface area contributed by atoms with E-state index in [9.17, 15) is 10.1 Å². The molecule has 0 aliphatic heterocycles. The third-order valence-corrected chi connectivity index (χ3v) is 4.08. The van der Waals surface area contributed by atoms with Gasteiger partial charge in [-0.1, -0.05) is 35.9 Å². The lowest BCUT2D eigenvalue weighted by Crippen LogP contribution is -2.06. The standard InChI is InChI=1S/C17H11ClN6O2/c18-11-7-5-10(6-8-11)13-9-15-20-16(21-17(19)23(15)22-13)12-3-1-2-4-14(12)24(25)26/h1-9H,(H2,19,20,21). The minimum absolute atomic E-state index is 0.0864. The lowest BCUT2D eigenvalue weighted by atomic mass is 10.1. The molecule has 4 aromatic rings. The van der Waals surface area contributed by atoms with Gasteiger partial charge in [0.2, 0.25) is 5.95 Å². The van der Waals surface area contributed by atoms with E-state index in [1.165, 1.54) is 10.6 Å². The van der Waals surface area contributed by atoms with Crippen molar-refractivity contribution in [2.75, 3.05) is 5.73 Å². The van der Waals surface area contributed by atoms with Gasteiger partial charge in [0.05, 0.1) is 16.2 Å². The second kappa shape index (κ2) is 6.08. The van der Waals surface area contributed by atoms with Crippen LogP contribution in [-0.4, -0.2) is 24.5 Å². The van der Waals surface area contributed by atoms with Crippen LogP contribution in [-0.2, 0) is 0 Å². The number of anilines is 1. The van der Waals surface area contributed by atoms with Crippen LogP contribution in [0.25, 0.3) is 28.3 Å². The molecule has 4 rings (SSSR count). The zero-order valence-corrected chi connectivity index (χ0v) is 14.0. The number of nitrogens with zero attached hydrogens (tertiary/aromatic N) is 5. The molecule has 0 saturated carbocycles. The Hall–Kier alpha value is -3.52. The van der Waals surface area contributed by atoms with Crippen molar-refractivity contribution < 1.29 is 4.92 Å². The van der Waals surface area contributed by atoms with Crippen LogP contribution in [0.4, 0.5) is 11.6 Å². The normalized spacial score (nSPS) is 11.0. The summed E-state index contributed by atoms with van der Waals surface area (Å²) in [4.78, 5) is 19.3.